The second-order valence-corrected chi connectivity index (χ2v) is 6.46. The number of benzene rings is 1. The Bertz CT molecular complexity index is 742. The molecular formula is C18H22FN3O2. The van der Waals surface area contributed by atoms with Crippen LogP contribution in [-0.4, -0.2) is 44.9 Å². The first-order valence-corrected chi connectivity index (χ1v) is 8.25. The van der Waals surface area contributed by atoms with Crippen LogP contribution < -0.4 is 0 Å². The maximum Gasteiger partial charge on any atom is 0.274 e. The van der Waals surface area contributed by atoms with Gasteiger partial charge in [0.1, 0.15) is 5.82 Å². The van der Waals surface area contributed by atoms with E-state index in [9.17, 15) is 14.3 Å². The lowest BCUT2D eigenvalue weighted by Crippen LogP contribution is -2.43. The van der Waals surface area contributed by atoms with E-state index in [4.69, 9.17) is 0 Å². The molecule has 5 nitrogen and oxygen atoms in total. The van der Waals surface area contributed by atoms with Gasteiger partial charge in [-0.1, -0.05) is 6.07 Å². The standard InChI is InChI=1S/C18H22FN3O2/c1-12-9-17(20-22(12)16-7-3-6-15(19)10-16)18(24)21-8-4-5-14(11-21)13(2)23/h3,6-7,9-10,13-14,23H,4-5,8,11H2,1-2H3. The zero-order valence-corrected chi connectivity index (χ0v) is 13.9. The SMILES string of the molecule is Cc1cc(C(=O)N2CCCC(C(C)O)C2)nn1-c1cccc(F)c1. The Balaban J connectivity index is 1.83. The van der Waals surface area contributed by atoms with E-state index < -0.39 is 6.10 Å². The first kappa shape index (κ1) is 16.6. The number of piperidine rings is 1. The van der Waals surface area contributed by atoms with Crippen LogP contribution in [0.3, 0.4) is 0 Å². The Labute approximate surface area is 140 Å². The summed E-state index contributed by atoms with van der Waals surface area (Å²) >= 11 is 0. The third-order valence-corrected chi connectivity index (χ3v) is 4.59. The molecule has 24 heavy (non-hydrogen) atoms. The molecule has 0 spiro atoms. The lowest BCUT2D eigenvalue weighted by molar-refractivity contribution is 0.0461. The fourth-order valence-electron chi connectivity index (χ4n) is 3.20. The molecule has 3 rings (SSSR count). The number of nitrogens with zero attached hydrogens (tertiary/aromatic N) is 3. The summed E-state index contributed by atoms with van der Waals surface area (Å²) in [5.74, 6) is -0.376. The molecule has 1 aromatic carbocycles. The van der Waals surface area contributed by atoms with Crippen LogP contribution in [0, 0.1) is 18.7 Å². The summed E-state index contributed by atoms with van der Waals surface area (Å²) < 4.78 is 15.0. The lowest BCUT2D eigenvalue weighted by atomic mass is 9.93. The molecular weight excluding hydrogens is 309 g/mol. The van der Waals surface area contributed by atoms with Gasteiger partial charge in [0.2, 0.25) is 0 Å². The number of rotatable bonds is 3. The van der Waals surface area contributed by atoms with Gasteiger partial charge in [-0.3, -0.25) is 4.79 Å². The minimum Gasteiger partial charge on any atom is -0.393 e. The predicted octanol–water partition coefficient (Wildman–Crippen LogP) is 2.55. The van der Waals surface area contributed by atoms with Crippen LogP contribution in [0.15, 0.2) is 30.3 Å². The van der Waals surface area contributed by atoms with Gasteiger partial charge >= 0.3 is 0 Å². The summed E-state index contributed by atoms with van der Waals surface area (Å²) in [6.45, 7) is 4.82. The minimum absolute atomic E-state index is 0.106. The summed E-state index contributed by atoms with van der Waals surface area (Å²) in [5.41, 5.74) is 1.71. The molecule has 0 saturated carbocycles. The highest BCUT2D eigenvalue weighted by atomic mass is 19.1. The molecule has 1 saturated heterocycles. The number of hydrogen-bond acceptors (Lipinski definition) is 3. The quantitative estimate of drug-likeness (QED) is 0.940. The lowest BCUT2D eigenvalue weighted by Gasteiger charge is -2.33. The normalized spacial score (nSPS) is 19.3. The van der Waals surface area contributed by atoms with Gasteiger partial charge in [-0.2, -0.15) is 5.10 Å². The molecule has 128 valence electrons. The highest BCUT2D eigenvalue weighted by Gasteiger charge is 2.28. The molecule has 0 bridgehead atoms. The second-order valence-electron chi connectivity index (χ2n) is 6.46. The van der Waals surface area contributed by atoms with Crippen molar-refractivity contribution in [3.8, 4) is 5.69 Å². The molecule has 1 amide bonds. The van der Waals surface area contributed by atoms with E-state index in [1.807, 2.05) is 6.92 Å². The van der Waals surface area contributed by atoms with Crippen molar-refractivity contribution >= 4 is 5.91 Å². The largest absolute Gasteiger partial charge is 0.393 e. The van der Waals surface area contributed by atoms with E-state index in [1.54, 1.807) is 34.7 Å². The monoisotopic (exact) mass is 331 g/mol. The molecule has 0 radical (unpaired) electrons. The maximum atomic E-state index is 13.4. The Morgan fingerprint density at radius 3 is 2.92 bits per heavy atom. The van der Waals surface area contributed by atoms with Gasteiger partial charge in [0.15, 0.2) is 5.69 Å². The molecule has 2 unspecified atom stereocenters. The van der Waals surface area contributed by atoms with Gasteiger partial charge in [0, 0.05) is 24.7 Å². The first-order valence-electron chi connectivity index (χ1n) is 8.25. The zero-order chi connectivity index (χ0) is 17.3. The molecule has 1 fully saturated rings. The number of aryl methyl sites for hydroxylation is 1. The average molecular weight is 331 g/mol. The highest BCUT2D eigenvalue weighted by molar-refractivity contribution is 5.92. The number of aliphatic hydroxyl groups is 1. The van der Waals surface area contributed by atoms with Gasteiger partial charge in [-0.05, 0) is 51.0 Å². The predicted molar refractivity (Wildman–Crippen MR) is 88.6 cm³/mol. The summed E-state index contributed by atoms with van der Waals surface area (Å²) in [7, 11) is 0. The van der Waals surface area contributed by atoms with Crippen molar-refractivity contribution < 1.29 is 14.3 Å². The number of amides is 1. The van der Waals surface area contributed by atoms with Crippen LogP contribution in [0.1, 0.15) is 35.9 Å². The molecule has 2 aromatic rings. The van der Waals surface area contributed by atoms with Crippen LogP contribution in [0.25, 0.3) is 5.69 Å². The van der Waals surface area contributed by atoms with Crippen LogP contribution in [-0.2, 0) is 0 Å². The van der Waals surface area contributed by atoms with E-state index in [-0.39, 0.29) is 17.6 Å². The van der Waals surface area contributed by atoms with Crippen LogP contribution >= 0.6 is 0 Å². The summed E-state index contributed by atoms with van der Waals surface area (Å²) in [6.07, 6.45) is 1.38. The highest BCUT2D eigenvalue weighted by Crippen LogP contribution is 2.22. The van der Waals surface area contributed by atoms with Gasteiger partial charge in [0.25, 0.3) is 5.91 Å². The molecule has 0 aliphatic carbocycles. The van der Waals surface area contributed by atoms with Crippen LogP contribution in [0.2, 0.25) is 0 Å². The van der Waals surface area contributed by atoms with E-state index in [0.29, 0.717) is 24.5 Å². The van der Waals surface area contributed by atoms with Crippen LogP contribution in [0.4, 0.5) is 4.39 Å². The number of aliphatic hydroxyl groups excluding tert-OH is 1. The van der Waals surface area contributed by atoms with Crippen molar-refractivity contribution in [1.29, 1.82) is 0 Å². The van der Waals surface area contributed by atoms with Gasteiger partial charge < -0.3 is 10.0 Å². The fourth-order valence-corrected chi connectivity index (χ4v) is 3.20. The van der Waals surface area contributed by atoms with Crippen molar-refractivity contribution in [1.82, 2.24) is 14.7 Å². The molecule has 1 N–H and O–H groups in total. The Morgan fingerprint density at radius 2 is 2.21 bits per heavy atom. The first-order chi connectivity index (χ1) is 11.5. The molecule has 6 heteroatoms. The molecule has 2 atom stereocenters. The zero-order valence-electron chi connectivity index (χ0n) is 13.9. The summed E-state index contributed by atoms with van der Waals surface area (Å²) in [4.78, 5) is 14.5. The van der Waals surface area contributed by atoms with Crippen molar-refractivity contribution in [2.75, 3.05) is 13.1 Å². The van der Waals surface area contributed by atoms with Crippen molar-refractivity contribution in [3.05, 3.63) is 47.5 Å². The number of halogens is 1. The Kier molecular flexibility index (Phi) is 4.66. The number of aromatic nitrogens is 2. The third-order valence-electron chi connectivity index (χ3n) is 4.59. The van der Waals surface area contributed by atoms with Crippen molar-refractivity contribution in [3.63, 3.8) is 0 Å². The van der Waals surface area contributed by atoms with E-state index >= 15 is 0 Å². The molecule has 1 aromatic heterocycles. The number of carbonyl (C=O) groups excluding carboxylic acids is 1. The number of likely N-dealkylation sites (tertiary alicyclic amines) is 1. The molecule has 2 heterocycles. The van der Waals surface area contributed by atoms with Gasteiger partial charge in [-0.15, -0.1) is 0 Å². The van der Waals surface area contributed by atoms with E-state index in [0.717, 1.165) is 18.5 Å². The van der Waals surface area contributed by atoms with Crippen molar-refractivity contribution in [2.45, 2.75) is 32.8 Å². The minimum atomic E-state index is -0.424. The number of hydrogen-bond donors (Lipinski definition) is 1. The topological polar surface area (TPSA) is 58.4 Å². The fraction of sp³-hybridized carbons (Fsp3) is 0.444. The third kappa shape index (κ3) is 3.33. The smallest absolute Gasteiger partial charge is 0.274 e. The maximum absolute atomic E-state index is 13.4. The average Bonchev–Trinajstić information content (AvgIpc) is 2.96. The summed E-state index contributed by atoms with van der Waals surface area (Å²) in [6, 6.07) is 7.85. The molecule has 1 aliphatic heterocycles. The van der Waals surface area contributed by atoms with E-state index in [1.165, 1.54) is 12.1 Å². The van der Waals surface area contributed by atoms with Crippen molar-refractivity contribution in [2.24, 2.45) is 5.92 Å². The Hall–Kier alpha value is -2.21. The van der Waals surface area contributed by atoms with Crippen LogP contribution in [0.5, 0.6) is 0 Å². The molecule has 1 aliphatic rings. The van der Waals surface area contributed by atoms with Gasteiger partial charge in [-0.25, -0.2) is 9.07 Å². The van der Waals surface area contributed by atoms with E-state index in [2.05, 4.69) is 5.10 Å². The second kappa shape index (κ2) is 6.73. The van der Waals surface area contributed by atoms with Gasteiger partial charge in [0.05, 0.1) is 11.8 Å². The number of carbonyl (C=O) groups is 1. The Morgan fingerprint density at radius 1 is 1.42 bits per heavy atom. The summed E-state index contributed by atoms with van der Waals surface area (Å²) in [5, 5.41) is 14.1.